The molecule has 1 saturated heterocycles. The summed E-state index contributed by atoms with van der Waals surface area (Å²) in [6, 6.07) is 7.78. The van der Waals surface area contributed by atoms with Crippen molar-refractivity contribution in [1.82, 2.24) is 9.88 Å². The zero-order chi connectivity index (χ0) is 16.6. The molecule has 1 aromatic carbocycles. The Morgan fingerprint density at radius 2 is 1.91 bits per heavy atom. The van der Waals surface area contributed by atoms with Crippen molar-refractivity contribution in [3.63, 3.8) is 0 Å². The van der Waals surface area contributed by atoms with Crippen molar-refractivity contribution in [1.29, 1.82) is 0 Å². The van der Waals surface area contributed by atoms with Gasteiger partial charge in [-0.2, -0.15) is 0 Å². The van der Waals surface area contributed by atoms with Gasteiger partial charge in [0.15, 0.2) is 9.84 Å². The van der Waals surface area contributed by atoms with Crippen molar-refractivity contribution < 1.29 is 13.2 Å². The van der Waals surface area contributed by atoms with Crippen LogP contribution < -0.4 is 0 Å². The van der Waals surface area contributed by atoms with E-state index in [1.165, 1.54) is 0 Å². The molecule has 2 heterocycles. The molecule has 122 valence electrons. The van der Waals surface area contributed by atoms with E-state index in [0.29, 0.717) is 5.56 Å². The molecule has 0 radical (unpaired) electrons. The zero-order valence-electron chi connectivity index (χ0n) is 13.4. The third-order valence-corrected chi connectivity index (χ3v) is 5.88. The predicted octanol–water partition coefficient (Wildman–Crippen LogP) is 1.98. The predicted molar refractivity (Wildman–Crippen MR) is 90.4 cm³/mol. The summed E-state index contributed by atoms with van der Waals surface area (Å²) in [6.07, 6.45) is 0.888. The Morgan fingerprint density at radius 1 is 1.22 bits per heavy atom. The van der Waals surface area contributed by atoms with Crippen LogP contribution in [0.15, 0.2) is 24.3 Å². The van der Waals surface area contributed by atoms with Crippen LogP contribution in [0.4, 0.5) is 0 Å². The van der Waals surface area contributed by atoms with Gasteiger partial charge in [0.25, 0.3) is 5.91 Å². The molecule has 0 atom stereocenters. The maximum absolute atomic E-state index is 12.9. The van der Waals surface area contributed by atoms with Gasteiger partial charge in [0.1, 0.15) is 0 Å². The number of rotatable bonds is 2. The number of nitrogens with zero attached hydrogens (tertiary/aromatic N) is 2. The average Bonchev–Trinajstić information content (AvgIpc) is 2.53. The highest BCUT2D eigenvalue weighted by Crippen LogP contribution is 2.22. The number of aromatic nitrogens is 1. The molecule has 1 amide bonds. The highest BCUT2D eigenvalue weighted by molar-refractivity contribution is 7.91. The normalized spacial score (nSPS) is 17.4. The summed E-state index contributed by atoms with van der Waals surface area (Å²) in [6.45, 7) is 4.46. The molecule has 2 aromatic rings. The number of carbonyl (C=O) groups is 1. The third-order valence-electron chi connectivity index (χ3n) is 4.27. The van der Waals surface area contributed by atoms with Crippen molar-refractivity contribution in [3.8, 4) is 0 Å². The molecule has 0 N–H and O–H groups in total. The number of hydrogen-bond acceptors (Lipinski definition) is 4. The van der Waals surface area contributed by atoms with Crippen molar-refractivity contribution in [2.45, 2.75) is 20.3 Å². The SMILES string of the molecule is CCc1ccc2nc(C)cc(C(=O)N3CCS(=O)(=O)CC3)c2c1. The first-order valence-corrected chi connectivity index (χ1v) is 9.62. The number of hydrogen-bond donors (Lipinski definition) is 0. The topological polar surface area (TPSA) is 67.3 Å². The van der Waals surface area contributed by atoms with E-state index in [-0.39, 0.29) is 30.5 Å². The number of benzene rings is 1. The smallest absolute Gasteiger partial charge is 0.254 e. The summed E-state index contributed by atoms with van der Waals surface area (Å²) < 4.78 is 23.1. The zero-order valence-corrected chi connectivity index (χ0v) is 14.2. The van der Waals surface area contributed by atoms with E-state index >= 15 is 0 Å². The van der Waals surface area contributed by atoms with Gasteiger partial charge in [0, 0.05) is 24.2 Å². The Morgan fingerprint density at radius 3 is 2.57 bits per heavy atom. The quantitative estimate of drug-likeness (QED) is 0.843. The summed E-state index contributed by atoms with van der Waals surface area (Å²) in [4.78, 5) is 19.0. The summed E-state index contributed by atoms with van der Waals surface area (Å²) in [5.41, 5.74) is 3.35. The Hall–Kier alpha value is -1.95. The Kier molecular flexibility index (Phi) is 4.10. The minimum absolute atomic E-state index is 0.0426. The average molecular weight is 332 g/mol. The molecule has 1 aliphatic heterocycles. The van der Waals surface area contributed by atoms with Crippen LogP contribution in [-0.2, 0) is 16.3 Å². The van der Waals surface area contributed by atoms with Gasteiger partial charge in [-0.1, -0.05) is 13.0 Å². The first kappa shape index (κ1) is 15.9. The lowest BCUT2D eigenvalue weighted by Crippen LogP contribution is -2.43. The van der Waals surface area contributed by atoms with E-state index in [4.69, 9.17) is 0 Å². The van der Waals surface area contributed by atoms with Crippen LogP contribution in [0, 0.1) is 6.92 Å². The molecular formula is C17H20N2O3S. The maximum atomic E-state index is 12.9. The summed E-state index contributed by atoms with van der Waals surface area (Å²) in [5, 5.41) is 0.841. The molecule has 3 rings (SSSR count). The van der Waals surface area contributed by atoms with E-state index in [0.717, 1.165) is 28.6 Å². The van der Waals surface area contributed by atoms with Crippen LogP contribution >= 0.6 is 0 Å². The molecule has 0 spiro atoms. The fourth-order valence-electron chi connectivity index (χ4n) is 2.89. The molecule has 1 fully saturated rings. The first-order chi connectivity index (χ1) is 10.9. The van der Waals surface area contributed by atoms with E-state index in [2.05, 4.69) is 11.9 Å². The largest absolute Gasteiger partial charge is 0.337 e. The van der Waals surface area contributed by atoms with Crippen molar-refractivity contribution in [3.05, 3.63) is 41.1 Å². The maximum Gasteiger partial charge on any atom is 0.254 e. The highest BCUT2D eigenvalue weighted by atomic mass is 32.2. The molecule has 1 aliphatic rings. The monoisotopic (exact) mass is 332 g/mol. The molecule has 1 aromatic heterocycles. The van der Waals surface area contributed by atoms with Crippen molar-refractivity contribution in [2.24, 2.45) is 0 Å². The minimum atomic E-state index is -3.00. The van der Waals surface area contributed by atoms with E-state index in [1.54, 1.807) is 11.0 Å². The van der Waals surface area contributed by atoms with Crippen LogP contribution in [0.1, 0.15) is 28.5 Å². The standard InChI is InChI=1S/C17H20N2O3S/c1-3-13-4-5-16-14(11-13)15(10-12(2)18-16)17(20)19-6-8-23(21,22)9-7-19/h4-5,10-11H,3,6-9H2,1-2H3. The fraction of sp³-hybridized carbons (Fsp3) is 0.412. The molecule has 5 nitrogen and oxygen atoms in total. The van der Waals surface area contributed by atoms with Gasteiger partial charge in [0.05, 0.1) is 22.6 Å². The van der Waals surface area contributed by atoms with Gasteiger partial charge in [-0.3, -0.25) is 9.78 Å². The van der Waals surface area contributed by atoms with Gasteiger partial charge in [-0.05, 0) is 37.1 Å². The molecule has 0 unspecified atom stereocenters. The molecule has 23 heavy (non-hydrogen) atoms. The summed E-state index contributed by atoms with van der Waals surface area (Å²) >= 11 is 0. The second-order valence-corrected chi connectivity index (χ2v) is 8.26. The highest BCUT2D eigenvalue weighted by Gasteiger charge is 2.26. The lowest BCUT2D eigenvalue weighted by Gasteiger charge is -2.27. The van der Waals surface area contributed by atoms with Crippen LogP contribution in [0.2, 0.25) is 0 Å². The summed E-state index contributed by atoms with van der Waals surface area (Å²) in [5.74, 6) is -0.0225. The lowest BCUT2D eigenvalue weighted by molar-refractivity contribution is 0.0772. The van der Waals surface area contributed by atoms with E-state index in [1.807, 2.05) is 25.1 Å². The fourth-order valence-corrected chi connectivity index (χ4v) is 4.09. The molecule has 6 heteroatoms. The number of fused-ring (bicyclic) bond motifs is 1. The van der Waals surface area contributed by atoms with E-state index < -0.39 is 9.84 Å². The number of sulfone groups is 1. The van der Waals surface area contributed by atoms with Crippen LogP contribution in [0.3, 0.4) is 0 Å². The lowest BCUT2D eigenvalue weighted by atomic mass is 10.0. The van der Waals surface area contributed by atoms with Gasteiger partial charge in [-0.25, -0.2) is 8.42 Å². The Bertz CT molecular complexity index is 861. The summed E-state index contributed by atoms with van der Waals surface area (Å²) in [7, 11) is -3.00. The number of amides is 1. The van der Waals surface area contributed by atoms with E-state index in [9.17, 15) is 13.2 Å². The van der Waals surface area contributed by atoms with Crippen molar-refractivity contribution >= 4 is 26.6 Å². The second kappa shape index (κ2) is 5.92. The van der Waals surface area contributed by atoms with Crippen LogP contribution in [0.25, 0.3) is 10.9 Å². The Labute approximate surface area is 136 Å². The second-order valence-electron chi connectivity index (χ2n) is 5.96. The minimum Gasteiger partial charge on any atom is -0.337 e. The van der Waals surface area contributed by atoms with Gasteiger partial charge in [0.2, 0.25) is 0 Å². The van der Waals surface area contributed by atoms with Gasteiger partial charge >= 0.3 is 0 Å². The molecular weight excluding hydrogens is 312 g/mol. The van der Waals surface area contributed by atoms with Gasteiger partial charge < -0.3 is 4.90 Å². The molecule has 0 aliphatic carbocycles. The Balaban J connectivity index is 2.02. The number of carbonyl (C=O) groups excluding carboxylic acids is 1. The molecule has 0 bridgehead atoms. The van der Waals surface area contributed by atoms with Gasteiger partial charge in [-0.15, -0.1) is 0 Å². The number of aryl methyl sites for hydroxylation is 2. The first-order valence-electron chi connectivity index (χ1n) is 7.79. The third kappa shape index (κ3) is 3.22. The number of pyridine rings is 1. The van der Waals surface area contributed by atoms with Crippen LogP contribution in [-0.4, -0.2) is 48.8 Å². The van der Waals surface area contributed by atoms with Crippen LogP contribution in [0.5, 0.6) is 0 Å². The van der Waals surface area contributed by atoms with Crippen molar-refractivity contribution in [2.75, 3.05) is 24.6 Å². The molecule has 0 saturated carbocycles.